The zero-order valence-corrected chi connectivity index (χ0v) is 8.14. The van der Waals surface area contributed by atoms with Crippen LogP contribution in [0.25, 0.3) is 0 Å². The van der Waals surface area contributed by atoms with E-state index in [1.165, 1.54) is 0 Å². The van der Waals surface area contributed by atoms with Crippen LogP contribution in [0.15, 0.2) is 24.3 Å². The molecule has 0 spiro atoms. The summed E-state index contributed by atoms with van der Waals surface area (Å²) in [5, 5.41) is 2.89. The van der Waals surface area contributed by atoms with Crippen LogP contribution in [0.4, 0.5) is 5.69 Å². The molecule has 72 valence electrons. The SMILES string of the molecule is O=S(=O)(O)CNc1ccccc1Cl. The highest BCUT2D eigenvalue weighted by molar-refractivity contribution is 7.85. The molecule has 0 saturated heterocycles. The van der Waals surface area contributed by atoms with E-state index in [4.69, 9.17) is 16.2 Å². The summed E-state index contributed by atoms with van der Waals surface area (Å²) in [5.74, 6) is -0.545. The second kappa shape index (κ2) is 3.95. The van der Waals surface area contributed by atoms with Gasteiger partial charge in [-0.05, 0) is 12.1 Å². The minimum absolute atomic E-state index is 0.408. The Morgan fingerprint density at radius 2 is 2.00 bits per heavy atom. The number of benzene rings is 1. The Hall–Kier alpha value is -0.780. The summed E-state index contributed by atoms with van der Waals surface area (Å²) in [6, 6.07) is 6.67. The lowest BCUT2D eigenvalue weighted by Gasteiger charge is -2.05. The Balaban J connectivity index is 2.71. The number of hydrogen-bond acceptors (Lipinski definition) is 3. The van der Waals surface area contributed by atoms with Crippen molar-refractivity contribution in [1.29, 1.82) is 0 Å². The quantitative estimate of drug-likeness (QED) is 0.761. The van der Waals surface area contributed by atoms with Crippen LogP contribution in [0.2, 0.25) is 5.02 Å². The molecule has 0 radical (unpaired) electrons. The maximum atomic E-state index is 10.4. The summed E-state index contributed by atoms with van der Waals surface area (Å²) in [6.45, 7) is 0. The van der Waals surface area contributed by atoms with Crippen LogP contribution in [-0.4, -0.2) is 18.8 Å². The van der Waals surface area contributed by atoms with Crippen LogP contribution in [0.3, 0.4) is 0 Å². The van der Waals surface area contributed by atoms with E-state index >= 15 is 0 Å². The third-order valence-electron chi connectivity index (χ3n) is 1.32. The zero-order chi connectivity index (χ0) is 9.90. The van der Waals surface area contributed by atoms with E-state index in [-0.39, 0.29) is 0 Å². The van der Waals surface area contributed by atoms with Crippen LogP contribution in [-0.2, 0) is 10.1 Å². The van der Waals surface area contributed by atoms with Gasteiger partial charge in [0, 0.05) is 0 Å². The molecule has 0 amide bonds. The summed E-state index contributed by atoms with van der Waals surface area (Å²) in [7, 11) is -4.01. The van der Waals surface area contributed by atoms with Gasteiger partial charge in [-0.1, -0.05) is 23.7 Å². The highest BCUT2D eigenvalue weighted by Gasteiger charge is 2.04. The smallest absolute Gasteiger partial charge is 0.283 e. The molecular formula is C7H8ClNO3S. The Labute approximate surface area is 81.3 Å². The third kappa shape index (κ3) is 3.63. The van der Waals surface area contributed by atoms with Gasteiger partial charge in [-0.2, -0.15) is 8.42 Å². The summed E-state index contributed by atoms with van der Waals surface area (Å²) >= 11 is 5.71. The topological polar surface area (TPSA) is 66.4 Å². The van der Waals surface area contributed by atoms with E-state index in [1.807, 2.05) is 0 Å². The fourth-order valence-corrected chi connectivity index (χ4v) is 1.31. The van der Waals surface area contributed by atoms with Crippen molar-refractivity contribution >= 4 is 27.4 Å². The molecule has 2 N–H and O–H groups in total. The molecule has 1 rings (SSSR count). The number of rotatable bonds is 3. The van der Waals surface area contributed by atoms with Gasteiger partial charge in [-0.25, -0.2) is 0 Å². The van der Waals surface area contributed by atoms with Gasteiger partial charge in [0.1, 0.15) is 5.88 Å². The van der Waals surface area contributed by atoms with Crippen molar-refractivity contribution in [2.45, 2.75) is 0 Å². The summed E-state index contributed by atoms with van der Waals surface area (Å²) in [5.41, 5.74) is 0.474. The van der Waals surface area contributed by atoms with Gasteiger partial charge in [-0.3, -0.25) is 4.55 Å². The van der Waals surface area contributed by atoms with E-state index < -0.39 is 16.0 Å². The van der Waals surface area contributed by atoms with Crippen molar-refractivity contribution in [3.05, 3.63) is 29.3 Å². The van der Waals surface area contributed by atoms with Gasteiger partial charge >= 0.3 is 0 Å². The summed E-state index contributed by atoms with van der Waals surface area (Å²) < 4.78 is 29.2. The van der Waals surface area contributed by atoms with Crippen molar-refractivity contribution in [1.82, 2.24) is 0 Å². The standard InChI is InChI=1S/C7H8ClNO3S/c8-6-3-1-2-4-7(6)9-5-13(10,11)12/h1-4,9H,5H2,(H,10,11,12). The first kappa shape index (κ1) is 10.3. The molecule has 0 aliphatic carbocycles. The minimum atomic E-state index is -4.01. The van der Waals surface area contributed by atoms with E-state index in [9.17, 15) is 8.42 Å². The number of anilines is 1. The Bertz CT molecular complexity index is 390. The molecule has 1 aromatic rings. The van der Waals surface area contributed by atoms with E-state index in [0.29, 0.717) is 10.7 Å². The average molecular weight is 222 g/mol. The van der Waals surface area contributed by atoms with Crippen molar-refractivity contribution in [3.8, 4) is 0 Å². The van der Waals surface area contributed by atoms with Gasteiger partial charge in [0.25, 0.3) is 10.1 Å². The largest absolute Gasteiger partial charge is 0.368 e. The maximum absolute atomic E-state index is 10.4. The Morgan fingerprint density at radius 3 is 2.54 bits per heavy atom. The number of para-hydroxylation sites is 1. The first-order valence-electron chi connectivity index (χ1n) is 3.42. The normalized spacial score (nSPS) is 11.2. The Kier molecular flexibility index (Phi) is 3.13. The molecule has 0 saturated carbocycles. The highest BCUT2D eigenvalue weighted by atomic mass is 35.5. The van der Waals surface area contributed by atoms with Gasteiger partial charge in [0.2, 0.25) is 0 Å². The lowest BCUT2D eigenvalue weighted by molar-refractivity contribution is 0.485. The molecule has 0 aliphatic rings. The zero-order valence-electron chi connectivity index (χ0n) is 6.57. The second-order valence-corrected chi connectivity index (χ2v) is 4.24. The number of nitrogens with one attached hydrogen (secondary N) is 1. The fourth-order valence-electron chi connectivity index (χ4n) is 0.774. The Morgan fingerprint density at radius 1 is 1.38 bits per heavy atom. The van der Waals surface area contributed by atoms with Crippen LogP contribution in [0.1, 0.15) is 0 Å². The number of halogens is 1. The lowest BCUT2D eigenvalue weighted by Crippen LogP contribution is -2.13. The predicted octanol–water partition coefficient (Wildman–Crippen LogP) is 1.60. The van der Waals surface area contributed by atoms with Crippen molar-refractivity contribution in [2.75, 3.05) is 11.2 Å². The molecule has 6 heteroatoms. The average Bonchev–Trinajstić information content (AvgIpc) is 2.01. The molecule has 0 bridgehead atoms. The molecule has 0 fully saturated rings. The summed E-state index contributed by atoms with van der Waals surface area (Å²) in [4.78, 5) is 0. The molecular weight excluding hydrogens is 214 g/mol. The van der Waals surface area contributed by atoms with Crippen LogP contribution in [0.5, 0.6) is 0 Å². The molecule has 0 aromatic heterocycles. The lowest BCUT2D eigenvalue weighted by atomic mass is 10.3. The van der Waals surface area contributed by atoms with Crippen LogP contribution < -0.4 is 5.32 Å². The third-order valence-corrected chi connectivity index (χ3v) is 2.16. The minimum Gasteiger partial charge on any atom is -0.368 e. The van der Waals surface area contributed by atoms with Gasteiger partial charge in [0.05, 0.1) is 10.7 Å². The first-order chi connectivity index (χ1) is 5.99. The highest BCUT2D eigenvalue weighted by Crippen LogP contribution is 2.20. The molecule has 1 aromatic carbocycles. The second-order valence-electron chi connectivity index (χ2n) is 2.38. The molecule has 0 aliphatic heterocycles. The predicted molar refractivity (Wildman–Crippen MR) is 51.5 cm³/mol. The van der Waals surface area contributed by atoms with Crippen LogP contribution >= 0.6 is 11.6 Å². The number of hydrogen-bond donors (Lipinski definition) is 2. The van der Waals surface area contributed by atoms with E-state index in [1.54, 1.807) is 24.3 Å². The van der Waals surface area contributed by atoms with Crippen molar-refractivity contribution in [2.24, 2.45) is 0 Å². The van der Waals surface area contributed by atoms with Crippen LogP contribution in [0, 0.1) is 0 Å². The first-order valence-corrected chi connectivity index (χ1v) is 5.41. The molecule has 0 heterocycles. The van der Waals surface area contributed by atoms with E-state index in [0.717, 1.165) is 0 Å². The summed E-state index contributed by atoms with van der Waals surface area (Å²) in [6.07, 6.45) is 0. The van der Waals surface area contributed by atoms with Gasteiger partial charge < -0.3 is 5.32 Å². The monoisotopic (exact) mass is 221 g/mol. The molecule has 0 atom stereocenters. The fraction of sp³-hybridized carbons (Fsp3) is 0.143. The molecule has 13 heavy (non-hydrogen) atoms. The van der Waals surface area contributed by atoms with Gasteiger partial charge in [-0.15, -0.1) is 0 Å². The van der Waals surface area contributed by atoms with Crippen molar-refractivity contribution in [3.63, 3.8) is 0 Å². The van der Waals surface area contributed by atoms with Crippen molar-refractivity contribution < 1.29 is 13.0 Å². The maximum Gasteiger partial charge on any atom is 0.283 e. The van der Waals surface area contributed by atoms with Gasteiger partial charge in [0.15, 0.2) is 0 Å². The molecule has 4 nitrogen and oxygen atoms in total. The van der Waals surface area contributed by atoms with E-state index in [2.05, 4.69) is 5.32 Å². The molecule has 0 unspecified atom stereocenters.